The van der Waals surface area contributed by atoms with Crippen molar-refractivity contribution in [2.24, 2.45) is 0 Å². The molecular formula is C22H22N6O2. The molecule has 2 aromatic heterocycles. The van der Waals surface area contributed by atoms with Crippen molar-refractivity contribution < 1.29 is 4.79 Å². The van der Waals surface area contributed by atoms with Crippen LogP contribution in [-0.2, 0) is 17.9 Å². The van der Waals surface area contributed by atoms with Crippen molar-refractivity contribution in [1.29, 1.82) is 0 Å². The SMILES string of the molecule is CCn1cnnc1-c1cccc(NC(=O)CCn2cnc3c(C)cccc3c2=O)c1. The Morgan fingerprint density at radius 3 is 2.77 bits per heavy atom. The molecule has 8 nitrogen and oxygen atoms in total. The lowest BCUT2D eigenvalue weighted by atomic mass is 10.1. The summed E-state index contributed by atoms with van der Waals surface area (Å²) in [6.45, 7) is 4.95. The Morgan fingerprint density at radius 1 is 1.10 bits per heavy atom. The smallest absolute Gasteiger partial charge is 0.261 e. The van der Waals surface area contributed by atoms with E-state index in [0.717, 1.165) is 23.5 Å². The first kappa shape index (κ1) is 19.5. The van der Waals surface area contributed by atoms with Crippen molar-refractivity contribution >= 4 is 22.5 Å². The topological polar surface area (TPSA) is 94.7 Å². The molecule has 0 saturated heterocycles. The van der Waals surface area contributed by atoms with Gasteiger partial charge in [-0.2, -0.15) is 0 Å². The van der Waals surface area contributed by atoms with E-state index in [1.807, 2.05) is 54.8 Å². The van der Waals surface area contributed by atoms with Crippen molar-refractivity contribution in [1.82, 2.24) is 24.3 Å². The molecule has 0 aliphatic rings. The molecular weight excluding hydrogens is 380 g/mol. The molecule has 30 heavy (non-hydrogen) atoms. The fourth-order valence-corrected chi connectivity index (χ4v) is 3.39. The lowest BCUT2D eigenvalue weighted by molar-refractivity contribution is -0.116. The molecule has 0 fully saturated rings. The van der Waals surface area contributed by atoms with E-state index in [9.17, 15) is 9.59 Å². The van der Waals surface area contributed by atoms with Gasteiger partial charge in [0.15, 0.2) is 5.82 Å². The molecule has 0 atom stereocenters. The number of hydrogen-bond acceptors (Lipinski definition) is 5. The van der Waals surface area contributed by atoms with Crippen LogP contribution >= 0.6 is 0 Å². The van der Waals surface area contributed by atoms with E-state index in [0.29, 0.717) is 16.6 Å². The third-order valence-corrected chi connectivity index (χ3v) is 5.00. The third kappa shape index (κ3) is 3.84. The Bertz CT molecular complexity index is 1270. The summed E-state index contributed by atoms with van der Waals surface area (Å²) in [6, 6.07) is 13.0. The molecule has 8 heteroatoms. The number of nitrogens with zero attached hydrogens (tertiary/aromatic N) is 5. The van der Waals surface area contributed by atoms with Gasteiger partial charge in [0, 0.05) is 30.8 Å². The van der Waals surface area contributed by atoms with Gasteiger partial charge in [0.25, 0.3) is 5.56 Å². The summed E-state index contributed by atoms with van der Waals surface area (Å²) in [5.74, 6) is 0.568. The summed E-state index contributed by atoms with van der Waals surface area (Å²) in [5.41, 5.74) is 3.05. The van der Waals surface area contributed by atoms with Gasteiger partial charge < -0.3 is 9.88 Å². The monoisotopic (exact) mass is 402 g/mol. The Balaban J connectivity index is 1.46. The van der Waals surface area contributed by atoms with E-state index in [1.165, 1.54) is 10.9 Å². The van der Waals surface area contributed by atoms with Crippen molar-refractivity contribution in [3.63, 3.8) is 0 Å². The summed E-state index contributed by atoms with van der Waals surface area (Å²) in [5, 5.41) is 11.5. The second-order valence-corrected chi connectivity index (χ2v) is 7.03. The van der Waals surface area contributed by atoms with Crippen LogP contribution in [0, 0.1) is 6.92 Å². The predicted molar refractivity (Wildman–Crippen MR) is 115 cm³/mol. The van der Waals surface area contributed by atoms with Crippen LogP contribution in [0.5, 0.6) is 0 Å². The van der Waals surface area contributed by atoms with Gasteiger partial charge in [-0.3, -0.25) is 14.2 Å². The number of aromatic nitrogens is 5. The standard InChI is InChI=1S/C22H22N6O2/c1-3-27-14-24-26-21(27)16-7-5-8-17(12-16)25-19(29)10-11-28-13-23-20-15(2)6-4-9-18(20)22(28)30/h4-9,12-14H,3,10-11H2,1-2H3,(H,25,29). The lowest BCUT2D eigenvalue weighted by Crippen LogP contribution is -2.23. The second kappa shape index (κ2) is 8.28. The number of rotatable bonds is 6. The molecule has 1 N–H and O–H groups in total. The third-order valence-electron chi connectivity index (χ3n) is 5.00. The molecule has 0 aliphatic carbocycles. The van der Waals surface area contributed by atoms with E-state index in [4.69, 9.17) is 0 Å². The van der Waals surface area contributed by atoms with Gasteiger partial charge in [0.2, 0.25) is 5.91 Å². The van der Waals surface area contributed by atoms with Crippen molar-refractivity contribution in [2.45, 2.75) is 33.4 Å². The van der Waals surface area contributed by atoms with Gasteiger partial charge in [0.1, 0.15) is 6.33 Å². The van der Waals surface area contributed by atoms with Crippen LogP contribution in [0.25, 0.3) is 22.3 Å². The molecule has 0 aliphatic heterocycles. The number of carbonyl (C=O) groups excluding carboxylic acids is 1. The molecule has 0 radical (unpaired) electrons. The van der Waals surface area contributed by atoms with E-state index >= 15 is 0 Å². The first-order chi connectivity index (χ1) is 14.6. The fraction of sp³-hybridized carbons (Fsp3) is 0.227. The van der Waals surface area contributed by atoms with E-state index in [2.05, 4.69) is 20.5 Å². The number of hydrogen-bond donors (Lipinski definition) is 1. The van der Waals surface area contributed by atoms with Gasteiger partial charge in [0.05, 0.1) is 17.2 Å². The predicted octanol–water partition coefficient (Wildman–Crippen LogP) is 3.01. The highest BCUT2D eigenvalue weighted by Gasteiger charge is 2.10. The van der Waals surface area contributed by atoms with Crippen LogP contribution in [0.4, 0.5) is 5.69 Å². The number of aryl methyl sites for hydroxylation is 3. The summed E-state index contributed by atoms with van der Waals surface area (Å²) < 4.78 is 3.41. The number of fused-ring (bicyclic) bond motifs is 1. The van der Waals surface area contributed by atoms with Crippen molar-refractivity contribution in [3.05, 3.63) is 71.0 Å². The minimum Gasteiger partial charge on any atom is -0.326 e. The Labute approximate surface area is 173 Å². The highest BCUT2D eigenvalue weighted by molar-refractivity contribution is 5.91. The van der Waals surface area contributed by atoms with E-state index in [1.54, 1.807) is 12.4 Å². The average Bonchev–Trinajstić information content (AvgIpc) is 3.23. The molecule has 2 heterocycles. The van der Waals surface area contributed by atoms with Crippen LogP contribution in [0.3, 0.4) is 0 Å². The maximum atomic E-state index is 12.7. The fourth-order valence-electron chi connectivity index (χ4n) is 3.39. The van der Waals surface area contributed by atoms with Crippen LogP contribution in [-0.4, -0.2) is 30.2 Å². The Kier molecular flexibility index (Phi) is 5.38. The Hall–Kier alpha value is -3.81. The highest BCUT2D eigenvalue weighted by atomic mass is 16.2. The summed E-state index contributed by atoms with van der Waals surface area (Å²) in [6.07, 6.45) is 3.34. The van der Waals surface area contributed by atoms with Crippen LogP contribution in [0.1, 0.15) is 18.9 Å². The van der Waals surface area contributed by atoms with Crippen LogP contribution < -0.4 is 10.9 Å². The quantitative estimate of drug-likeness (QED) is 0.535. The first-order valence-electron chi connectivity index (χ1n) is 9.79. The number of amides is 1. The normalized spacial score (nSPS) is 11.0. The number of nitrogens with one attached hydrogen (secondary N) is 1. The highest BCUT2D eigenvalue weighted by Crippen LogP contribution is 2.21. The first-order valence-corrected chi connectivity index (χ1v) is 9.79. The van der Waals surface area contributed by atoms with Gasteiger partial charge >= 0.3 is 0 Å². The largest absolute Gasteiger partial charge is 0.326 e. The molecule has 2 aromatic carbocycles. The number of anilines is 1. The van der Waals surface area contributed by atoms with E-state index in [-0.39, 0.29) is 24.4 Å². The number of para-hydroxylation sites is 1. The molecule has 152 valence electrons. The van der Waals surface area contributed by atoms with Gasteiger partial charge in [-0.05, 0) is 37.6 Å². The maximum Gasteiger partial charge on any atom is 0.261 e. The van der Waals surface area contributed by atoms with Gasteiger partial charge in [-0.1, -0.05) is 24.3 Å². The minimum atomic E-state index is -0.180. The van der Waals surface area contributed by atoms with Gasteiger partial charge in [-0.25, -0.2) is 4.98 Å². The maximum absolute atomic E-state index is 12.7. The van der Waals surface area contributed by atoms with Crippen molar-refractivity contribution in [2.75, 3.05) is 5.32 Å². The molecule has 0 saturated carbocycles. The zero-order valence-corrected chi connectivity index (χ0v) is 16.9. The number of carbonyl (C=O) groups is 1. The molecule has 4 rings (SSSR count). The Morgan fingerprint density at radius 2 is 1.93 bits per heavy atom. The zero-order valence-electron chi connectivity index (χ0n) is 16.9. The van der Waals surface area contributed by atoms with E-state index < -0.39 is 0 Å². The van der Waals surface area contributed by atoms with Crippen molar-refractivity contribution in [3.8, 4) is 11.4 Å². The summed E-state index contributed by atoms with van der Waals surface area (Å²) in [7, 11) is 0. The van der Waals surface area contributed by atoms with Gasteiger partial charge in [-0.15, -0.1) is 10.2 Å². The number of benzene rings is 2. The molecule has 1 amide bonds. The summed E-state index contributed by atoms with van der Waals surface area (Å²) in [4.78, 5) is 29.5. The van der Waals surface area contributed by atoms with Crippen LogP contribution in [0.2, 0.25) is 0 Å². The molecule has 0 spiro atoms. The molecule has 4 aromatic rings. The second-order valence-electron chi connectivity index (χ2n) is 7.03. The zero-order chi connectivity index (χ0) is 21.1. The lowest BCUT2D eigenvalue weighted by Gasteiger charge is -2.10. The minimum absolute atomic E-state index is 0.141. The average molecular weight is 402 g/mol. The van der Waals surface area contributed by atoms with Crippen LogP contribution in [0.15, 0.2) is 59.9 Å². The summed E-state index contributed by atoms with van der Waals surface area (Å²) >= 11 is 0. The molecule has 0 unspecified atom stereocenters. The molecule has 0 bridgehead atoms.